The molecule has 0 aliphatic carbocycles. The molecule has 3 aromatic rings. The normalized spacial score (nSPS) is 12.5. The van der Waals surface area contributed by atoms with E-state index in [2.05, 4.69) is 130 Å². The third kappa shape index (κ3) is 7.37. The average molecular weight is 524 g/mol. The van der Waals surface area contributed by atoms with Crippen LogP contribution in [0.3, 0.4) is 0 Å². The van der Waals surface area contributed by atoms with E-state index in [1.807, 2.05) is 0 Å². The van der Waals surface area contributed by atoms with Crippen molar-refractivity contribution in [1.29, 1.82) is 0 Å². The van der Waals surface area contributed by atoms with Gasteiger partial charge in [-0.1, -0.05) is 54.6 Å². The fourth-order valence-electron chi connectivity index (χ4n) is 3.58. The molecule has 0 saturated heterocycles. The van der Waals surface area contributed by atoms with Gasteiger partial charge in [0.1, 0.15) is 23.2 Å². The molecule has 0 heterocycles. The predicted molar refractivity (Wildman–Crippen MR) is 136 cm³/mol. The zero-order valence-electron chi connectivity index (χ0n) is 20.0. The van der Waals surface area contributed by atoms with Crippen LogP contribution in [0.15, 0.2) is 91.0 Å². The highest BCUT2D eigenvalue weighted by atomic mass is 32.2. The summed E-state index contributed by atoms with van der Waals surface area (Å²) in [6.07, 6.45) is 4.06. The molecule has 4 nitrogen and oxygen atoms in total. The smallest absolute Gasteiger partial charge is 0.485 e. The largest absolute Gasteiger partial charge is 0.741 e. The molecule has 35 heavy (non-hydrogen) atoms. The van der Waals surface area contributed by atoms with E-state index in [1.54, 1.807) is 0 Å². The summed E-state index contributed by atoms with van der Waals surface area (Å²) in [7, 11) is -8.13. The number of hydrogen-bond donors (Lipinski definition) is 0. The van der Waals surface area contributed by atoms with Gasteiger partial charge in [-0.15, -0.1) is 0 Å². The molecule has 0 aliphatic heterocycles. The molecule has 0 fully saturated rings. The summed E-state index contributed by atoms with van der Waals surface area (Å²) in [5, 5.41) is 4.02. The first-order chi connectivity index (χ1) is 16.3. The van der Waals surface area contributed by atoms with Crippen molar-refractivity contribution in [3.63, 3.8) is 0 Å². The number of halogens is 3. The van der Waals surface area contributed by atoms with Crippen LogP contribution in [0.1, 0.15) is 27.7 Å². The summed E-state index contributed by atoms with van der Waals surface area (Å²) in [4.78, 5) is 2.40. The molecular weight excluding hydrogens is 494 g/mol. The summed E-state index contributed by atoms with van der Waals surface area (Å²) in [6, 6.07) is 33.5. The number of hydrogen-bond acceptors (Lipinski definition) is 4. The molecule has 9 heteroatoms. The maximum atomic E-state index is 10.7. The molecule has 0 spiro atoms. The molecule has 3 aromatic carbocycles. The lowest BCUT2D eigenvalue weighted by Crippen LogP contribution is -2.42. The fraction of sp³-hybridized carbons (Fsp3) is 0.269. The van der Waals surface area contributed by atoms with E-state index in [-0.39, 0.29) is 0 Å². The Labute approximate surface area is 206 Å². The Bertz CT molecular complexity index is 1040. The Kier molecular flexibility index (Phi) is 10.0. The van der Waals surface area contributed by atoms with Crippen LogP contribution in [0, 0.1) is 6.29 Å². The number of alkyl halides is 3. The molecule has 0 saturated carbocycles. The second-order valence-corrected chi connectivity index (χ2v) is 12.7. The van der Waals surface area contributed by atoms with Crippen molar-refractivity contribution in [1.82, 2.24) is 4.90 Å². The molecule has 0 unspecified atom stereocenters. The SMILES string of the molecule is CC(C)N([C][P+](c1ccccc1)(c1ccccc1)c1ccccc1)C(C)C.O=S(=O)([O-])C(F)(F)F. The number of benzene rings is 3. The topological polar surface area (TPSA) is 60.4 Å². The van der Waals surface area contributed by atoms with E-state index in [0.29, 0.717) is 12.1 Å². The molecule has 0 atom stereocenters. The Morgan fingerprint density at radius 2 is 0.971 bits per heavy atom. The Hall–Kier alpha value is -2.25. The maximum absolute atomic E-state index is 10.7. The van der Waals surface area contributed by atoms with Gasteiger partial charge < -0.3 is 4.55 Å². The highest BCUT2D eigenvalue weighted by Gasteiger charge is 2.50. The summed E-state index contributed by atoms with van der Waals surface area (Å²) in [5.74, 6) is 0. The van der Waals surface area contributed by atoms with Gasteiger partial charge in [0.15, 0.2) is 10.1 Å². The van der Waals surface area contributed by atoms with Gasteiger partial charge in [-0.3, -0.25) is 4.90 Å². The van der Waals surface area contributed by atoms with Gasteiger partial charge in [0.05, 0.1) is 0 Å². The highest BCUT2D eigenvalue weighted by Crippen LogP contribution is 2.59. The van der Waals surface area contributed by atoms with Gasteiger partial charge >= 0.3 is 5.51 Å². The van der Waals surface area contributed by atoms with Crippen molar-refractivity contribution in [2.45, 2.75) is 45.3 Å². The highest BCUT2D eigenvalue weighted by molar-refractivity contribution is 7.97. The number of nitrogens with zero attached hydrogens (tertiary/aromatic N) is 1. The maximum Gasteiger partial charge on any atom is 0.485 e. The molecule has 0 amide bonds. The summed E-state index contributed by atoms with van der Waals surface area (Å²) < 4.78 is 58.9. The monoisotopic (exact) mass is 523 g/mol. The molecule has 0 aromatic heterocycles. The summed E-state index contributed by atoms with van der Waals surface area (Å²) in [6.45, 7) is 9.01. The van der Waals surface area contributed by atoms with Crippen LogP contribution < -0.4 is 15.9 Å². The van der Waals surface area contributed by atoms with E-state index in [9.17, 15) is 13.2 Å². The fourth-order valence-corrected chi connectivity index (χ4v) is 7.48. The minimum absolute atomic E-state index is 0.389. The van der Waals surface area contributed by atoms with Crippen molar-refractivity contribution in [3.05, 3.63) is 97.3 Å². The van der Waals surface area contributed by atoms with Gasteiger partial charge in [0.25, 0.3) is 6.29 Å². The summed E-state index contributed by atoms with van der Waals surface area (Å²) in [5.41, 5.74) is -5.65. The van der Waals surface area contributed by atoms with E-state index >= 15 is 0 Å². The quantitative estimate of drug-likeness (QED) is 0.186. The van der Waals surface area contributed by atoms with Crippen LogP contribution in [0.2, 0.25) is 0 Å². The zero-order valence-corrected chi connectivity index (χ0v) is 21.7. The Morgan fingerprint density at radius 3 is 1.17 bits per heavy atom. The molecule has 3 rings (SSSR count). The van der Waals surface area contributed by atoms with Gasteiger partial charge in [0, 0.05) is 12.1 Å². The van der Waals surface area contributed by atoms with Crippen LogP contribution in [0.4, 0.5) is 13.2 Å². The first kappa shape index (κ1) is 29.0. The first-order valence-electron chi connectivity index (χ1n) is 10.9. The lowest BCUT2D eigenvalue weighted by atomic mass is 10.2. The van der Waals surface area contributed by atoms with Crippen LogP contribution in [-0.4, -0.2) is 35.5 Å². The Balaban J connectivity index is 0.000000466. The van der Waals surface area contributed by atoms with Gasteiger partial charge in [-0.05, 0) is 64.1 Å². The van der Waals surface area contributed by atoms with Crippen molar-refractivity contribution < 1.29 is 26.1 Å². The van der Waals surface area contributed by atoms with Gasteiger partial charge in [0.2, 0.25) is 0 Å². The minimum atomic E-state index is -6.09. The molecule has 2 radical (unpaired) electrons. The summed E-state index contributed by atoms with van der Waals surface area (Å²) >= 11 is 0. The average Bonchev–Trinajstić information content (AvgIpc) is 2.80. The van der Waals surface area contributed by atoms with Crippen molar-refractivity contribution in [2.24, 2.45) is 0 Å². The predicted octanol–water partition coefficient (Wildman–Crippen LogP) is 5.15. The molecule has 188 valence electrons. The molecule has 0 bridgehead atoms. The Morgan fingerprint density at radius 1 is 0.714 bits per heavy atom. The lowest BCUT2D eigenvalue weighted by molar-refractivity contribution is -0.0517. The molecule has 0 aliphatic rings. The van der Waals surface area contributed by atoms with Crippen LogP contribution in [-0.2, 0) is 10.1 Å². The lowest BCUT2D eigenvalue weighted by Gasteiger charge is -2.34. The van der Waals surface area contributed by atoms with E-state index < -0.39 is 22.9 Å². The number of rotatable bonds is 7. The van der Waals surface area contributed by atoms with Gasteiger partial charge in [-0.2, -0.15) is 13.2 Å². The van der Waals surface area contributed by atoms with Crippen LogP contribution >= 0.6 is 7.26 Å². The second kappa shape index (κ2) is 12.1. The van der Waals surface area contributed by atoms with E-state index in [4.69, 9.17) is 13.0 Å². The molecule has 0 N–H and O–H groups in total. The van der Waals surface area contributed by atoms with Crippen molar-refractivity contribution >= 4 is 33.3 Å². The third-order valence-corrected chi connectivity index (χ3v) is 9.41. The third-order valence-electron chi connectivity index (χ3n) is 5.09. The van der Waals surface area contributed by atoms with Crippen LogP contribution in [0.5, 0.6) is 0 Å². The first-order valence-corrected chi connectivity index (χ1v) is 14.1. The minimum Gasteiger partial charge on any atom is -0.741 e. The van der Waals surface area contributed by atoms with Crippen molar-refractivity contribution in [2.75, 3.05) is 0 Å². The molecular formula is C26H29F3NO3PS. The van der Waals surface area contributed by atoms with E-state index in [0.717, 1.165) is 0 Å². The van der Waals surface area contributed by atoms with Gasteiger partial charge in [-0.25, -0.2) is 8.42 Å². The standard InChI is InChI=1S/C25H29NP.CHF3O3S/c1-21(2)26(22(3)4)20-27(23-14-8-5-9-15-23,24-16-10-6-11-17-24)25-18-12-7-13-19-25;2-1(3,4)8(5,6)7/h5-19,21-22H,1-4H3;(H,5,6,7)/q+1;/p-1. The van der Waals surface area contributed by atoms with Crippen molar-refractivity contribution in [3.8, 4) is 0 Å². The van der Waals surface area contributed by atoms with E-state index in [1.165, 1.54) is 15.9 Å². The zero-order chi connectivity index (χ0) is 26.3. The van der Waals surface area contributed by atoms with Crippen LogP contribution in [0.25, 0.3) is 0 Å². The second-order valence-electron chi connectivity index (χ2n) is 8.27.